The van der Waals surface area contributed by atoms with Crippen molar-refractivity contribution in [1.29, 1.82) is 0 Å². The topological polar surface area (TPSA) is 124 Å². The number of nitro benzene ring substituents is 1. The molecule has 3 N–H and O–H groups in total. The van der Waals surface area contributed by atoms with Gasteiger partial charge in [0.05, 0.1) is 4.92 Å². The van der Waals surface area contributed by atoms with E-state index in [9.17, 15) is 20.0 Å². The molecule has 9 nitrogen and oxygen atoms in total. The Labute approximate surface area is 150 Å². The number of benzene rings is 1. The highest BCUT2D eigenvalue weighted by Gasteiger charge is 2.30. The lowest BCUT2D eigenvalue weighted by molar-refractivity contribution is -0.384. The van der Waals surface area contributed by atoms with Crippen molar-refractivity contribution in [2.45, 2.75) is 18.9 Å². The molecule has 1 aromatic carbocycles. The Kier molecular flexibility index (Phi) is 5.17. The predicted molar refractivity (Wildman–Crippen MR) is 95.0 cm³/mol. The highest BCUT2D eigenvalue weighted by atomic mass is 16.6. The zero-order chi connectivity index (χ0) is 18.7. The molecule has 1 fully saturated rings. The van der Waals surface area contributed by atoms with E-state index in [2.05, 4.69) is 15.3 Å². The van der Waals surface area contributed by atoms with Crippen molar-refractivity contribution in [3.05, 3.63) is 52.1 Å². The van der Waals surface area contributed by atoms with Gasteiger partial charge in [-0.15, -0.1) is 0 Å². The summed E-state index contributed by atoms with van der Waals surface area (Å²) in [6.07, 6.45) is 3.99. The van der Waals surface area contributed by atoms with Crippen LogP contribution in [0.15, 0.2) is 30.6 Å². The minimum Gasteiger partial charge on any atom is -0.385 e. The average Bonchev–Trinajstić information content (AvgIpc) is 3.21. The van der Waals surface area contributed by atoms with E-state index in [1.54, 1.807) is 24.5 Å². The van der Waals surface area contributed by atoms with Crippen LogP contribution in [0.4, 0.5) is 11.4 Å². The summed E-state index contributed by atoms with van der Waals surface area (Å²) >= 11 is 0. The Balaban J connectivity index is 1.74. The molecular weight excluding hydrogens is 338 g/mol. The third kappa shape index (κ3) is 3.52. The Morgan fingerprint density at radius 2 is 2.19 bits per heavy atom. The number of piperidine rings is 1. The molecule has 1 aromatic heterocycles. The second kappa shape index (κ2) is 7.52. The van der Waals surface area contributed by atoms with E-state index in [-0.39, 0.29) is 23.1 Å². The van der Waals surface area contributed by atoms with Gasteiger partial charge in [-0.1, -0.05) is 0 Å². The summed E-state index contributed by atoms with van der Waals surface area (Å²) in [5.41, 5.74) is 0.663. The fourth-order valence-electron chi connectivity index (χ4n) is 3.34. The Morgan fingerprint density at radius 3 is 2.77 bits per heavy atom. The molecule has 0 radical (unpaired) electrons. The number of amides is 1. The number of carbonyl (C=O) groups excluding carboxylic acids is 1. The zero-order valence-electron chi connectivity index (χ0n) is 14.4. The monoisotopic (exact) mass is 359 g/mol. The quantitative estimate of drug-likeness (QED) is 0.550. The number of imidazole rings is 1. The van der Waals surface area contributed by atoms with Gasteiger partial charge in [0.2, 0.25) is 0 Å². The van der Waals surface area contributed by atoms with Crippen LogP contribution in [0.5, 0.6) is 0 Å². The van der Waals surface area contributed by atoms with Gasteiger partial charge < -0.3 is 20.3 Å². The molecule has 0 saturated carbocycles. The molecule has 1 aliphatic rings. The van der Waals surface area contributed by atoms with Crippen molar-refractivity contribution in [3.8, 4) is 0 Å². The summed E-state index contributed by atoms with van der Waals surface area (Å²) in [4.78, 5) is 31.6. The summed E-state index contributed by atoms with van der Waals surface area (Å²) in [5, 5.41) is 24.3. The maximum atomic E-state index is 11.7. The molecule has 1 unspecified atom stereocenters. The third-order valence-electron chi connectivity index (χ3n) is 4.79. The lowest BCUT2D eigenvalue weighted by Gasteiger charge is -2.34. The van der Waals surface area contributed by atoms with Gasteiger partial charge in [-0.2, -0.15) is 0 Å². The number of hydrogen-bond acceptors (Lipinski definition) is 6. The van der Waals surface area contributed by atoms with Crippen LogP contribution >= 0.6 is 0 Å². The molecule has 1 atom stereocenters. The highest BCUT2D eigenvalue weighted by Crippen LogP contribution is 2.35. The number of nitrogens with zero attached hydrogens (tertiary/aromatic N) is 3. The van der Waals surface area contributed by atoms with Gasteiger partial charge >= 0.3 is 0 Å². The average molecular weight is 359 g/mol. The molecule has 26 heavy (non-hydrogen) atoms. The lowest BCUT2D eigenvalue weighted by Crippen LogP contribution is -2.36. The second-order valence-electron chi connectivity index (χ2n) is 6.28. The first kappa shape index (κ1) is 17.9. The molecule has 0 spiro atoms. The number of H-pyrrole nitrogens is 1. The first-order valence-corrected chi connectivity index (χ1v) is 8.44. The van der Waals surface area contributed by atoms with Crippen molar-refractivity contribution in [3.63, 3.8) is 0 Å². The number of aliphatic hydroxyl groups excluding tert-OH is 1. The third-order valence-corrected chi connectivity index (χ3v) is 4.79. The number of rotatable bonds is 5. The van der Waals surface area contributed by atoms with Crippen LogP contribution in [0.1, 0.15) is 35.1 Å². The van der Waals surface area contributed by atoms with Gasteiger partial charge in [0.1, 0.15) is 17.6 Å². The van der Waals surface area contributed by atoms with Crippen LogP contribution in [0, 0.1) is 16.0 Å². The molecule has 0 bridgehead atoms. The fraction of sp³-hybridized carbons (Fsp3) is 0.412. The largest absolute Gasteiger partial charge is 0.385 e. The van der Waals surface area contributed by atoms with Gasteiger partial charge in [0.15, 0.2) is 0 Å². The minimum absolute atomic E-state index is 0.0431. The number of nitrogens with one attached hydrogen (secondary N) is 2. The molecule has 1 aliphatic heterocycles. The maximum absolute atomic E-state index is 11.7. The fourth-order valence-corrected chi connectivity index (χ4v) is 3.34. The number of anilines is 1. The van der Waals surface area contributed by atoms with Crippen LogP contribution < -0.4 is 10.2 Å². The van der Waals surface area contributed by atoms with Crippen LogP contribution in [-0.2, 0) is 0 Å². The van der Waals surface area contributed by atoms with Gasteiger partial charge in [0.25, 0.3) is 11.6 Å². The summed E-state index contributed by atoms with van der Waals surface area (Å²) in [7, 11) is 1.48. The number of carbonyl (C=O) groups is 1. The molecule has 2 aromatic rings. The van der Waals surface area contributed by atoms with Crippen LogP contribution in [0.3, 0.4) is 0 Å². The van der Waals surface area contributed by atoms with Crippen molar-refractivity contribution >= 4 is 17.3 Å². The van der Waals surface area contributed by atoms with Crippen molar-refractivity contribution < 1.29 is 14.8 Å². The van der Waals surface area contributed by atoms with Crippen molar-refractivity contribution in [2.24, 2.45) is 5.92 Å². The normalized spacial score (nSPS) is 16.3. The summed E-state index contributed by atoms with van der Waals surface area (Å²) in [6, 6.07) is 4.51. The van der Waals surface area contributed by atoms with E-state index >= 15 is 0 Å². The number of nitro groups is 1. The number of hydrogen-bond donors (Lipinski definition) is 3. The number of aromatic amines is 1. The molecular formula is C17H21N5O4. The van der Waals surface area contributed by atoms with Gasteiger partial charge in [0, 0.05) is 44.2 Å². The van der Waals surface area contributed by atoms with Crippen LogP contribution in [0.2, 0.25) is 0 Å². The first-order chi connectivity index (χ1) is 12.5. The van der Waals surface area contributed by atoms with E-state index in [4.69, 9.17) is 0 Å². The van der Waals surface area contributed by atoms with Crippen molar-refractivity contribution in [1.82, 2.24) is 15.3 Å². The number of aliphatic hydroxyl groups is 1. The van der Waals surface area contributed by atoms with Gasteiger partial charge in [-0.05, 0) is 30.9 Å². The summed E-state index contributed by atoms with van der Waals surface area (Å²) < 4.78 is 0. The lowest BCUT2D eigenvalue weighted by atomic mass is 9.90. The van der Waals surface area contributed by atoms with Gasteiger partial charge in [-0.25, -0.2) is 4.98 Å². The highest BCUT2D eigenvalue weighted by molar-refractivity contribution is 5.95. The van der Waals surface area contributed by atoms with E-state index in [0.29, 0.717) is 37.4 Å². The van der Waals surface area contributed by atoms with Crippen LogP contribution in [-0.4, -0.2) is 46.0 Å². The van der Waals surface area contributed by atoms with E-state index in [0.717, 1.165) is 0 Å². The Bertz CT molecular complexity index is 784. The van der Waals surface area contributed by atoms with Crippen LogP contribution in [0.25, 0.3) is 0 Å². The molecule has 3 rings (SSSR count). The first-order valence-electron chi connectivity index (χ1n) is 8.44. The maximum Gasteiger partial charge on any atom is 0.293 e. The van der Waals surface area contributed by atoms with Crippen molar-refractivity contribution in [2.75, 3.05) is 25.0 Å². The molecule has 0 aliphatic carbocycles. The smallest absolute Gasteiger partial charge is 0.293 e. The molecule has 1 amide bonds. The number of aromatic nitrogens is 2. The molecule has 1 saturated heterocycles. The van der Waals surface area contributed by atoms with E-state index < -0.39 is 11.0 Å². The zero-order valence-corrected chi connectivity index (χ0v) is 14.4. The SMILES string of the molecule is CNC(=O)c1ccc(N2CCC(C(O)c3ncc[nH]3)CC2)c([N+](=O)[O-])c1. The second-order valence-corrected chi connectivity index (χ2v) is 6.28. The van der Waals surface area contributed by atoms with E-state index in [1.807, 2.05) is 4.90 Å². The van der Waals surface area contributed by atoms with Gasteiger partial charge in [-0.3, -0.25) is 14.9 Å². The summed E-state index contributed by atoms with van der Waals surface area (Å²) in [6.45, 7) is 1.17. The minimum atomic E-state index is -0.669. The Hall–Kier alpha value is -2.94. The Morgan fingerprint density at radius 1 is 1.46 bits per heavy atom. The molecule has 2 heterocycles. The standard InChI is InChI=1S/C17H21N5O4/c1-18-17(24)12-2-3-13(14(10-12)22(25)26)21-8-4-11(5-9-21)15(23)16-19-6-7-20-16/h2-3,6-7,10-11,15,23H,4-5,8-9H2,1H3,(H,18,24)(H,19,20). The molecule has 138 valence electrons. The molecule has 9 heteroatoms. The summed E-state index contributed by atoms with van der Waals surface area (Å²) in [5.74, 6) is 0.228. The van der Waals surface area contributed by atoms with E-state index in [1.165, 1.54) is 13.1 Å². The predicted octanol–water partition coefficient (Wildman–Crippen LogP) is 1.63.